The number of nitrogens with one attached hydrogen (secondary N) is 3. The van der Waals surface area contributed by atoms with Crippen LogP contribution in [0.4, 0.5) is 17.1 Å². The molecule has 0 bridgehead atoms. The van der Waals surface area contributed by atoms with Crippen molar-refractivity contribution < 1.29 is 67.5 Å². The number of aliphatic hydroxyl groups excluding tert-OH is 1. The van der Waals surface area contributed by atoms with Crippen LogP contribution in [0.3, 0.4) is 0 Å². The van der Waals surface area contributed by atoms with Crippen molar-refractivity contribution in [2.24, 2.45) is 21.6 Å². The Labute approximate surface area is 507 Å². The average Bonchev–Trinajstić information content (AvgIpc) is 1.95. The Morgan fingerprint density at radius 1 is 0.701 bits per heavy atom. The molecular formula is C63H71N9O14S. The van der Waals surface area contributed by atoms with Crippen LogP contribution in [0.2, 0.25) is 0 Å². The number of carboxylic acids is 1. The number of likely N-dealkylation sites (tertiary alicyclic amines) is 1. The molecule has 23 nitrogen and oxygen atoms in total. The minimum absolute atomic E-state index is 0.00757. The van der Waals surface area contributed by atoms with Crippen molar-refractivity contribution in [2.45, 2.75) is 114 Å². The van der Waals surface area contributed by atoms with E-state index >= 15 is 0 Å². The molecule has 0 unspecified atom stereocenters. The molecule has 1 saturated heterocycles. The number of aliphatic imine (C=N–C) groups is 2. The first-order chi connectivity index (χ1) is 41.8. The number of methoxy groups -OCH3 is 2. The van der Waals surface area contributed by atoms with Gasteiger partial charge >= 0.3 is 5.97 Å². The maximum absolute atomic E-state index is 14.1. The molecule has 87 heavy (non-hydrogen) atoms. The summed E-state index contributed by atoms with van der Waals surface area (Å²) < 4.78 is 23.7. The summed E-state index contributed by atoms with van der Waals surface area (Å²) in [6, 6.07) is 17.7. The molecule has 4 aromatic carbocycles. The molecule has 0 aliphatic carbocycles. The highest BCUT2D eigenvalue weighted by atomic mass is 32.2. The van der Waals surface area contributed by atoms with Crippen LogP contribution in [-0.2, 0) is 35.4 Å². The van der Waals surface area contributed by atoms with Crippen LogP contribution in [0.1, 0.15) is 110 Å². The zero-order chi connectivity index (χ0) is 62.1. The standard InChI is InChI=1S/C63H71N9O14S/c1-35(2)57(69-55(74)10-7-6-8-19-70-56(75)28-54(62(70)80)87-34-47(64)63(81)82)59(77)67-36(3)58(76)68-42-17-15-39(16-18-42)41-23-44-30-66-49-27-53(51(84-5)25-46(49)61(79)72(44)32-41)86-21-9-20-85-52-26-48-45(24-50(52)83-4)60(78)71-31-40(22-43(71)29-65-48)38-13-11-37(33-73)12-14-38/h11-18,24-27,29-32,35-36,43-44,47,54,57,73H,6-10,19-23,28,33-34,64H2,1-5H3,(H,67,77)(H,68,76)(H,69,74)(H,81,82)/t36-,43-,44-,47-,54+,57-/m0/s1. The number of carbonyl (C=O) groups excluding carboxylic acids is 7. The van der Waals surface area contributed by atoms with Crippen molar-refractivity contribution in [2.75, 3.05) is 45.0 Å². The number of benzene rings is 4. The lowest BCUT2D eigenvalue weighted by Crippen LogP contribution is -2.53. The number of anilines is 1. The minimum atomic E-state index is -1.18. The van der Waals surface area contributed by atoms with Crippen molar-refractivity contribution in [3.63, 3.8) is 0 Å². The third-order valence-electron chi connectivity index (χ3n) is 15.6. The number of fused-ring (bicyclic) bond motifs is 4. The van der Waals surface area contributed by atoms with Crippen molar-refractivity contribution >= 4 is 99.7 Å². The summed E-state index contributed by atoms with van der Waals surface area (Å²) >= 11 is 1.06. The van der Waals surface area contributed by atoms with Crippen molar-refractivity contribution in [1.82, 2.24) is 25.3 Å². The van der Waals surface area contributed by atoms with E-state index in [0.717, 1.165) is 39.6 Å². The molecular weight excluding hydrogens is 1140 g/mol. The Balaban J connectivity index is 0.715. The largest absolute Gasteiger partial charge is 0.493 e. The van der Waals surface area contributed by atoms with E-state index in [4.69, 9.17) is 39.8 Å². The molecule has 0 radical (unpaired) electrons. The summed E-state index contributed by atoms with van der Waals surface area (Å²) in [6.45, 7) is 5.70. The van der Waals surface area contributed by atoms with Crippen LogP contribution in [0.15, 0.2) is 95.2 Å². The van der Waals surface area contributed by atoms with Crippen LogP contribution in [0.5, 0.6) is 23.0 Å². The van der Waals surface area contributed by atoms with Gasteiger partial charge in [-0.05, 0) is 77.8 Å². The monoisotopic (exact) mass is 1210 g/mol. The van der Waals surface area contributed by atoms with Gasteiger partial charge in [-0.1, -0.05) is 56.7 Å². The fraction of sp³-hybridized carbons (Fsp3) is 0.397. The van der Waals surface area contributed by atoms with Crippen molar-refractivity contribution in [3.05, 3.63) is 113 Å². The van der Waals surface area contributed by atoms with Gasteiger partial charge < -0.3 is 60.6 Å². The highest BCUT2D eigenvalue weighted by Crippen LogP contribution is 2.42. The molecule has 0 aromatic heterocycles. The number of unbranched alkanes of at least 4 members (excludes halogenated alkanes) is 2. The molecule has 4 aromatic rings. The van der Waals surface area contributed by atoms with E-state index in [0.29, 0.717) is 89.7 Å². The van der Waals surface area contributed by atoms with Gasteiger partial charge in [0.05, 0.1) is 73.9 Å². The number of imide groups is 1. The number of amides is 7. The van der Waals surface area contributed by atoms with Gasteiger partial charge in [-0.3, -0.25) is 53.2 Å². The van der Waals surface area contributed by atoms with E-state index in [-0.39, 0.29) is 92.5 Å². The molecule has 458 valence electrons. The van der Waals surface area contributed by atoms with Crippen LogP contribution < -0.4 is 40.6 Å². The quantitative estimate of drug-likeness (QED) is 0.0278. The fourth-order valence-corrected chi connectivity index (χ4v) is 11.7. The number of hydrogen-bond acceptors (Lipinski definition) is 17. The molecule has 7 amide bonds. The van der Waals surface area contributed by atoms with Gasteiger partial charge in [0, 0.05) is 87.1 Å². The molecule has 5 aliphatic heterocycles. The zero-order valence-corrected chi connectivity index (χ0v) is 49.8. The summed E-state index contributed by atoms with van der Waals surface area (Å²) in [7, 11) is 3.00. The number of nitrogens with two attached hydrogens (primary N) is 1. The first-order valence-electron chi connectivity index (χ1n) is 28.8. The second kappa shape index (κ2) is 28.1. The van der Waals surface area contributed by atoms with Gasteiger partial charge in [-0.15, -0.1) is 11.8 Å². The van der Waals surface area contributed by atoms with Crippen LogP contribution in [-0.4, -0.2) is 160 Å². The van der Waals surface area contributed by atoms with Gasteiger partial charge in [-0.2, -0.15) is 0 Å². The normalized spacial score (nSPS) is 18.6. The molecule has 6 atom stereocenters. The number of ether oxygens (including phenoxy) is 4. The molecule has 0 spiro atoms. The highest BCUT2D eigenvalue weighted by molar-refractivity contribution is 8.00. The van der Waals surface area contributed by atoms with Gasteiger partial charge in [0.1, 0.15) is 18.1 Å². The van der Waals surface area contributed by atoms with E-state index in [1.807, 2.05) is 42.6 Å². The fourth-order valence-electron chi connectivity index (χ4n) is 10.6. The topological polar surface area (TPSA) is 310 Å². The molecule has 5 aliphatic rings. The number of aliphatic hydroxyl groups is 1. The van der Waals surface area contributed by atoms with E-state index in [1.165, 1.54) is 19.1 Å². The maximum Gasteiger partial charge on any atom is 0.321 e. The Hall–Kier alpha value is -8.87. The first-order valence-corrected chi connectivity index (χ1v) is 29.9. The summed E-state index contributed by atoms with van der Waals surface area (Å²) in [6.07, 6.45) is 10.2. The van der Waals surface area contributed by atoms with Crippen LogP contribution in [0, 0.1) is 5.92 Å². The van der Waals surface area contributed by atoms with Gasteiger partial charge in [0.25, 0.3) is 11.8 Å². The SMILES string of the molecule is COc1cc2c(cc1OCCCOc1cc3c(cc1OC)C(=O)N1C=C(c4ccc(NC(=O)[C@H](C)NC(=O)[C@@H](NC(=O)CCCCCN5C(=O)C[C@@H](SC[C@H](N)C(=O)O)C5=O)C(C)C)cc4)C[C@H]1C=N3)N=C[C@@H]1CC(c3ccc(CO)cc3)=CN1C2=O. The smallest absolute Gasteiger partial charge is 0.321 e. The number of carbonyl (C=O) groups is 8. The number of thioether (sulfide) groups is 1. The number of aliphatic carboxylic acids is 1. The first kappa shape index (κ1) is 62.7. The average molecular weight is 1210 g/mol. The molecule has 7 N–H and O–H groups in total. The second-order valence-electron chi connectivity index (χ2n) is 22.0. The molecule has 9 rings (SSSR count). The Morgan fingerprint density at radius 3 is 1.77 bits per heavy atom. The van der Waals surface area contributed by atoms with Crippen LogP contribution in [0.25, 0.3) is 11.1 Å². The number of rotatable bonds is 27. The van der Waals surface area contributed by atoms with E-state index in [2.05, 4.69) is 16.0 Å². The predicted molar refractivity (Wildman–Crippen MR) is 326 cm³/mol. The van der Waals surface area contributed by atoms with E-state index in [1.54, 1.807) is 85.6 Å². The Morgan fingerprint density at radius 2 is 1.25 bits per heavy atom. The third-order valence-corrected chi connectivity index (χ3v) is 16.9. The van der Waals surface area contributed by atoms with Gasteiger partial charge in [-0.25, -0.2) is 0 Å². The van der Waals surface area contributed by atoms with E-state index in [9.17, 15) is 43.5 Å². The lowest BCUT2D eigenvalue weighted by Gasteiger charge is -2.24. The van der Waals surface area contributed by atoms with Gasteiger partial charge in [0.2, 0.25) is 29.5 Å². The minimum Gasteiger partial charge on any atom is -0.493 e. The number of carboxylic acid groups (broad SMARTS) is 1. The summed E-state index contributed by atoms with van der Waals surface area (Å²) in [5.74, 6) is -2.48. The van der Waals surface area contributed by atoms with Crippen LogP contribution >= 0.6 is 11.8 Å². The third kappa shape index (κ3) is 14.7. The van der Waals surface area contributed by atoms with Crippen molar-refractivity contribution in [3.8, 4) is 23.0 Å². The Bertz CT molecular complexity index is 3440. The second-order valence-corrected chi connectivity index (χ2v) is 23.3. The summed E-state index contributed by atoms with van der Waals surface area (Å²) in [5.41, 5.74) is 12.1. The number of nitrogens with zero attached hydrogens (tertiary/aromatic N) is 5. The summed E-state index contributed by atoms with van der Waals surface area (Å²) in [5, 5.41) is 26.1. The molecule has 0 saturated carbocycles. The van der Waals surface area contributed by atoms with E-state index < -0.39 is 41.2 Å². The Kier molecular flexibility index (Phi) is 20.2. The maximum atomic E-state index is 14.1. The lowest BCUT2D eigenvalue weighted by molar-refractivity contribution is -0.139. The number of hydrogen-bond donors (Lipinski definition) is 6. The lowest BCUT2D eigenvalue weighted by atomic mass is 10.0. The van der Waals surface area contributed by atoms with Gasteiger partial charge in [0.15, 0.2) is 23.0 Å². The highest BCUT2D eigenvalue weighted by Gasteiger charge is 2.40. The molecule has 1 fully saturated rings. The summed E-state index contributed by atoms with van der Waals surface area (Å²) in [4.78, 5) is 118. The molecule has 5 heterocycles. The van der Waals surface area contributed by atoms with Crippen molar-refractivity contribution in [1.29, 1.82) is 0 Å². The zero-order valence-electron chi connectivity index (χ0n) is 49.0. The molecule has 24 heteroatoms. The predicted octanol–water partition coefficient (Wildman–Crippen LogP) is 6.40.